The number of hydrogen-bond acceptors (Lipinski definition) is 6. The van der Waals surface area contributed by atoms with Crippen LogP contribution in [0.2, 0.25) is 0 Å². The Bertz CT molecular complexity index is 502. The highest BCUT2D eigenvalue weighted by atomic mass is 16.5. The van der Waals surface area contributed by atoms with E-state index in [-0.39, 0.29) is 6.01 Å². The lowest BCUT2D eigenvalue weighted by atomic mass is 10.3. The van der Waals surface area contributed by atoms with E-state index in [2.05, 4.69) is 32.2 Å². The molecular weight excluding hydrogens is 232 g/mol. The number of methoxy groups -OCH3 is 1. The number of nitrogens with one attached hydrogen (secondary N) is 1. The quantitative estimate of drug-likeness (QED) is 0.852. The Labute approximate surface area is 105 Å². The van der Waals surface area contributed by atoms with E-state index in [4.69, 9.17) is 4.74 Å². The maximum absolute atomic E-state index is 5.06. The number of rotatable bonds is 5. The smallest absolute Gasteiger partial charge is 0.322 e. The number of ether oxygens (including phenoxy) is 1. The summed E-state index contributed by atoms with van der Waals surface area (Å²) in [5.41, 5.74) is 0. The SMILES string of the molecule is CCCc1nccn1-c1nc(NC)nc(OC)n1. The summed E-state index contributed by atoms with van der Waals surface area (Å²) in [6.07, 6.45) is 5.45. The molecule has 96 valence electrons. The first-order valence-corrected chi connectivity index (χ1v) is 5.79. The molecule has 0 fully saturated rings. The van der Waals surface area contributed by atoms with Crippen LogP contribution < -0.4 is 10.1 Å². The lowest BCUT2D eigenvalue weighted by Gasteiger charge is -2.08. The number of aromatic nitrogens is 5. The van der Waals surface area contributed by atoms with Crippen molar-refractivity contribution in [2.45, 2.75) is 19.8 Å². The van der Waals surface area contributed by atoms with Crippen molar-refractivity contribution in [2.75, 3.05) is 19.5 Å². The average Bonchev–Trinajstić information content (AvgIpc) is 2.87. The van der Waals surface area contributed by atoms with Crippen LogP contribution in [0.5, 0.6) is 6.01 Å². The zero-order valence-corrected chi connectivity index (χ0v) is 10.7. The van der Waals surface area contributed by atoms with Gasteiger partial charge in [0.1, 0.15) is 5.82 Å². The van der Waals surface area contributed by atoms with Crippen LogP contribution in [0.4, 0.5) is 5.95 Å². The molecule has 0 bridgehead atoms. The van der Waals surface area contributed by atoms with Gasteiger partial charge in [-0.15, -0.1) is 0 Å². The summed E-state index contributed by atoms with van der Waals surface area (Å²) in [6, 6.07) is 0.278. The second-order valence-electron chi connectivity index (χ2n) is 3.66. The molecule has 2 aromatic rings. The number of hydrogen-bond donors (Lipinski definition) is 1. The second kappa shape index (κ2) is 5.44. The molecule has 0 aliphatic rings. The summed E-state index contributed by atoms with van der Waals surface area (Å²) < 4.78 is 6.90. The molecule has 0 spiro atoms. The Kier molecular flexibility index (Phi) is 3.71. The molecule has 1 N–H and O–H groups in total. The summed E-state index contributed by atoms with van der Waals surface area (Å²) >= 11 is 0. The van der Waals surface area contributed by atoms with Crippen LogP contribution in [0.1, 0.15) is 19.2 Å². The summed E-state index contributed by atoms with van der Waals surface area (Å²) in [4.78, 5) is 16.9. The molecule has 0 aromatic carbocycles. The van der Waals surface area contributed by atoms with Crippen LogP contribution in [0, 0.1) is 0 Å². The Hall–Kier alpha value is -2.18. The van der Waals surface area contributed by atoms with Crippen molar-refractivity contribution in [3.63, 3.8) is 0 Å². The van der Waals surface area contributed by atoms with Crippen molar-refractivity contribution in [3.05, 3.63) is 18.2 Å². The van der Waals surface area contributed by atoms with E-state index in [0.717, 1.165) is 18.7 Å². The average molecular weight is 248 g/mol. The third-order valence-electron chi connectivity index (χ3n) is 2.42. The largest absolute Gasteiger partial charge is 0.467 e. The van der Waals surface area contributed by atoms with E-state index < -0.39 is 0 Å². The maximum atomic E-state index is 5.06. The van der Waals surface area contributed by atoms with E-state index in [9.17, 15) is 0 Å². The van der Waals surface area contributed by atoms with Crippen LogP contribution in [-0.4, -0.2) is 38.7 Å². The molecule has 0 radical (unpaired) electrons. The highest BCUT2D eigenvalue weighted by molar-refractivity contribution is 5.30. The van der Waals surface area contributed by atoms with E-state index in [1.807, 2.05) is 10.8 Å². The van der Waals surface area contributed by atoms with E-state index in [1.165, 1.54) is 7.11 Å². The lowest BCUT2D eigenvalue weighted by molar-refractivity contribution is 0.378. The molecular formula is C11H16N6O. The Morgan fingerprint density at radius 2 is 2.17 bits per heavy atom. The van der Waals surface area contributed by atoms with Crippen molar-refractivity contribution in [1.82, 2.24) is 24.5 Å². The minimum Gasteiger partial charge on any atom is -0.467 e. The summed E-state index contributed by atoms with van der Waals surface area (Å²) in [7, 11) is 3.28. The van der Waals surface area contributed by atoms with E-state index >= 15 is 0 Å². The van der Waals surface area contributed by atoms with Gasteiger partial charge in [0.15, 0.2) is 0 Å². The first-order valence-electron chi connectivity index (χ1n) is 5.79. The second-order valence-corrected chi connectivity index (χ2v) is 3.66. The van der Waals surface area contributed by atoms with Gasteiger partial charge in [0.2, 0.25) is 11.9 Å². The van der Waals surface area contributed by atoms with Crippen molar-refractivity contribution in [2.24, 2.45) is 0 Å². The Morgan fingerprint density at radius 3 is 2.83 bits per heavy atom. The van der Waals surface area contributed by atoms with Crippen molar-refractivity contribution >= 4 is 5.95 Å². The minimum atomic E-state index is 0.278. The van der Waals surface area contributed by atoms with Crippen LogP contribution >= 0.6 is 0 Å². The van der Waals surface area contributed by atoms with Gasteiger partial charge in [0.05, 0.1) is 7.11 Å². The monoisotopic (exact) mass is 248 g/mol. The topological polar surface area (TPSA) is 77.8 Å². The summed E-state index contributed by atoms with van der Waals surface area (Å²) in [5, 5.41) is 2.88. The van der Waals surface area contributed by atoms with Gasteiger partial charge < -0.3 is 10.1 Å². The van der Waals surface area contributed by atoms with Gasteiger partial charge >= 0.3 is 6.01 Å². The molecule has 2 rings (SSSR count). The number of anilines is 1. The molecule has 0 saturated heterocycles. The van der Waals surface area contributed by atoms with Crippen LogP contribution in [-0.2, 0) is 6.42 Å². The molecule has 18 heavy (non-hydrogen) atoms. The summed E-state index contributed by atoms with van der Waals surface area (Å²) in [6.45, 7) is 2.10. The molecule has 2 aromatic heterocycles. The Morgan fingerprint density at radius 1 is 1.33 bits per heavy atom. The van der Waals surface area contributed by atoms with Gasteiger partial charge in [-0.05, 0) is 6.42 Å². The minimum absolute atomic E-state index is 0.278. The van der Waals surface area contributed by atoms with Crippen molar-refractivity contribution in [1.29, 1.82) is 0 Å². The van der Waals surface area contributed by atoms with Crippen LogP contribution in [0.3, 0.4) is 0 Å². The van der Waals surface area contributed by atoms with Crippen LogP contribution in [0.15, 0.2) is 12.4 Å². The predicted molar refractivity (Wildman–Crippen MR) is 67.0 cm³/mol. The fourth-order valence-corrected chi connectivity index (χ4v) is 1.58. The molecule has 7 heteroatoms. The van der Waals surface area contributed by atoms with Gasteiger partial charge in [0.25, 0.3) is 0 Å². The van der Waals surface area contributed by atoms with Crippen LogP contribution in [0.25, 0.3) is 5.95 Å². The number of aryl methyl sites for hydroxylation is 1. The Balaban J connectivity index is 2.45. The zero-order chi connectivity index (χ0) is 13.0. The fourth-order valence-electron chi connectivity index (χ4n) is 1.58. The third kappa shape index (κ3) is 2.39. The maximum Gasteiger partial charge on any atom is 0.322 e. The highest BCUT2D eigenvalue weighted by Gasteiger charge is 2.10. The van der Waals surface area contributed by atoms with Gasteiger partial charge in [-0.1, -0.05) is 6.92 Å². The van der Waals surface area contributed by atoms with Gasteiger partial charge in [-0.3, -0.25) is 4.57 Å². The molecule has 0 unspecified atom stereocenters. The molecule has 0 aliphatic heterocycles. The molecule has 0 saturated carbocycles. The molecule has 0 atom stereocenters. The van der Waals surface area contributed by atoms with E-state index in [0.29, 0.717) is 11.9 Å². The van der Waals surface area contributed by atoms with Gasteiger partial charge in [-0.2, -0.15) is 15.0 Å². The fraction of sp³-hybridized carbons (Fsp3) is 0.455. The normalized spacial score (nSPS) is 10.4. The number of imidazole rings is 1. The standard InChI is InChI=1S/C11H16N6O/c1-4-5-8-13-6-7-17(8)10-14-9(12-2)15-11(16-10)18-3/h6-7H,4-5H2,1-3H3,(H,12,14,15,16). The van der Waals surface area contributed by atoms with Gasteiger partial charge in [-0.25, -0.2) is 4.98 Å². The van der Waals surface area contributed by atoms with Crippen molar-refractivity contribution in [3.8, 4) is 12.0 Å². The first-order chi connectivity index (χ1) is 8.78. The van der Waals surface area contributed by atoms with Crippen molar-refractivity contribution < 1.29 is 4.74 Å². The zero-order valence-electron chi connectivity index (χ0n) is 10.7. The third-order valence-corrected chi connectivity index (χ3v) is 2.42. The molecule has 2 heterocycles. The molecule has 0 amide bonds. The lowest BCUT2D eigenvalue weighted by Crippen LogP contribution is -2.09. The molecule has 0 aliphatic carbocycles. The predicted octanol–water partition coefficient (Wildman–Crippen LogP) is 1.06. The van der Waals surface area contributed by atoms with Gasteiger partial charge in [0, 0.05) is 25.9 Å². The van der Waals surface area contributed by atoms with E-state index in [1.54, 1.807) is 13.2 Å². The first kappa shape index (κ1) is 12.3. The highest BCUT2D eigenvalue weighted by Crippen LogP contribution is 2.13. The molecule has 7 nitrogen and oxygen atoms in total. The number of nitrogens with zero attached hydrogens (tertiary/aromatic N) is 5. The summed E-state index contributed by atoms with van der Waals surface area (Å²) in [5.74, 6) is 1.90.